The number of hydrogen-bond donors (Lipinski definition) is 1. The minimum atomic E-state index is -0.855. The summed E-state index contributed by atoms with van der Waals surface area (Å²) in [5, 5.41) is 10.2. The van der Waals surface area contributed by atoms with Crippen molar-refractivity contribution in [3.8, 4) is 0 Å². The highest BCUT2D eigenvalue weighted by Gasteiger charge is 2.47. The number of thioether (sulfide) groups is 1. The lowest BCUT2D eigenvalue weighted by Crippen LogP contribution is -2.66. The molecule has 2 aromatic rings. The van der Waals surface area contributed by atoms with Crippen LogP contribution in [-0.2, 0) is 11.3 Å². The predicted octanol–water partition coefficient (Wildman–Crippen LogP) is 5.56. The number of aryl methyl sites for hydroxylation is 2. The highest BCUT2D eigenvalue weighted by molar-refractivity contribution is 8.01. The maximum atomic E-state index is 13.0. The minimum Gasteiger partial charge on any atom is -0.444 e. The number of quaternary nitrogens is 1. The summed E-state index contributed by atoms with van der Waals surface area (Å²) in [7, 11) is 0. The SMILES string of the molecule is Cc1nc(SCC[C@@H]2C[N+](Cc3ccccc3)(C(=O)O)CCN2C(=O)OC(C)(C)C)sc1C. The molecular weight excluding hydrogens is 458 g/mol. The van der Waals surface area contributed by atoms with E-state index in [-0.39, 0.29) is 16.6 Å². The molecule has 1 unspecified atom stereocenters. The molecule has 0 saturated carbocycles. The number of carbonyl (C=O) groups excluding carboxylic acids is 1. The van der Waals surface area contributed by atoms with Crippen LogP contribution in [0.1, 0.15) is 43.3 Å². The monoisotopic (exact) mass is 492 g/mol. The van der Waals surface area contributed by atoms with E-state index >= 15 is 0 Å². The van der Waals surface area contributed by atoms with Gasteiger partial charge in [0.25, 0.3) is 0 Å². The average Bonchev–Trinajstić information content (AvgIpc) is 3.04. The first-order chi connectivity index (χ1) is 15.5. The Morgan fingerprint density at radius 3 is 2.55 bits per heavy atom. The van der Waals surface area contributed by atoms with Crippen LogP contribution in [0.3, 0.4) is 0 Å². The molecule has 0 spiro atoms. The van der Waals surface area contributed by atoms with Gasteiger partial charge in [-0.15, -0.1) is 11.3 Å². The fourth-order valence-corrected chi connectivity index (χ4v) is 6.25. The zero-order valence-corrected chi connectivity index (χ0v) is 21.7. The molecule has 33 heavy (non-hydrogen) atoms. The van der Waals surface area contributed by atoms with Crippen molar-refractivity contribution in [3.05, 3.63) is 46.5 Å². The predicted molar refractivity (Wildman–Crippen MR) is 132 cm³/mol. The number of ether oxygens (including phenoxy) is 1. The van der Waals surface area contributed by atoms with Gasteiger partial charge in [-0.25, -0.2) is 14.3 Å². The number of rotatable bonds is 6. The molecule has 2 heterocycles. The standard InChI is InChI=1S/C24H33N3O4S2/c1-17-18(2)33-21(25-17)32-14-11-20-16-27(23(29)30,15-19-9-7-6-8-10-19)13-12-26(20)22(28)31-24(3,4)5/h6-10,20H,11-16H2,1-5H3/p+1/t20-,27?/m1/s1. The number of thiazole rings is 1. The maximum Gasteiger partial charge on any atom is 0.513 e. The van der Waals surface area contributed by atoms with Crippen LogP contribution in [0, 0.1) is 13.8 Å². The lowest BCUT2D eigenvalue weighted by Gasteiger charge is -2.45. The van der Waals surface area contributed by atoms with Crippen molar-refractivity contribution in [1.29, 1.82) is 0 Å². The second kappa shape index (κ2) is 10.4. The Bertz CT molecular complexity index is 954. The zero-order chi connectivity index (χ0) is 24.2. The number of hydrogen-bond acceptors (Lipinski definition) is 6. The third kappa shape index (κ3) is 6.71. The van der Waals surface area contributed by atoms with E-state index in [2.05, 4.69) is 11.9 Å². The van der Waals surface area contributed by atoms with Crippen LogP contribution in [0.15, 0.2) is 34.7 Å². The van der Waals surface area contributed by atoms with Gasteiger partial charge in [0.15, 0.2) is 0 Å². The number of amides is 2. The summed E-state index contributed by atoms with van der Waals surface area (Å²) in [5.41, 5.74) is 1.42. The van der Waals surface area contributed by atoms with Gasteiger partial charge >= 0.3 is 12.2 Å². The Hall–Kier alpha value is -2.10. The van der Waals surface area contributed by atoms with Gasteiger partial charge in [0, 0.05) is 16.2 Å². The van der Waals surface area contributed by atoms with Gasteiger partial charge in [-0.3, -0.25) is 4.90 Å². The lowest BCUT2D eigenvalue weighted by molar-refractivity contribution is -0.878. The Morgan fingerprint density at radius 1 is 1.27 bits per heavy atom. The van der Waals surface area contributed by atoms with Crippen LogP contribution in [0.4, 0.5) is 9.59 Å². The van der Waals surface area contributed by atoms with Crippen molar-refractivity contribution in [2.75, 3.05) is 25.4 Å². The van der Waals surface area contributed by atoms with Crippen LogP contribution in [-0.4, -0.2) is 68.7 Å². The molecular formula is C24H34N3O4S2+. The fourth-order valence-electron chi connectivity index (χ4n) is 3.99. The molecule has 1 aromatic heterocycles. The summed E-state index contributed by atoms with van der Waals surface area (Å²) in [6.07, 6.45) is -0.559. The first-order valence-corrected chi connectivity index (χ1v) is 13.0. The summed E-state index contributed by atoms with van der Waals surface area (Å²) in [6, 6.07) is 9.47. The highest BCUT2D eigenvalue weighted by Crippen LogP contribution is 2.30. The van der Waals surface area contributed by atoms with E-state index in [1.807, 2.05) is 58.0 Å². The molecule has 0 radical (unpaired) electrons. The largest absolute Gasteiger partial charge is 0.513 e. The molecule has 7 nitrogen and oxygen atoms in total. The van der Waals surface area contributed by atoms with Gasteiger partial charge in [-0.2, -0.15) is 4.79 Å². The summed E-state index contributed by atoms with van der Waals surface area (Å²) in [4.78, 5) is 33.0. The normalized spacial score (nSPS) is 21.1. The number of carboxylic acid groups (broad SMARTS) is 1. The van der Waals surface area contributed by atoms with Crippen LogP contribution < -0.4 is 0 Å². The van der Waals surface area contributed by atoms with E-state index in [4.69, 9.17) is 4.74 Å². The van der Waals surface area contributed by atoms with Gasteiger partial charge in [0.05, 0.1) is 18.3 Å². The van der Waals surface area contributed by atoms with E-state index < -0.39 is 11.7 Å². The maximum absolute atomic E-state index is 13.0. The molecule has 180 valence electrons. The Kier molecular flexibility index (Phi) is 8.08. The van der Waals surface area contributed by atoms with Crippen LogP contribution in [0.25, 0.3) is 0 Å². The fraction of sp³-hybridized carbons (Fsp3) is 0.542. The Labute approximate surface area is 204 Å². The van der Waals surface area contributed by atoms with E-state index in [0.717, 1.165) is 21.3 Å². The smallest absolute Gasteiger partial charge is 0.444 e. The summed E-state index contributed by atoms with van der Waals surface area (Å²) >= 11 is 3.33. The minimum absolute atomic E-state index is 0.0892. The summed E-state index contributed by atoms with van der Waals surface area (Å²) in [6.45, 7) is 11.0. The second-order valence-corrected chi connectivity index (χ2v) is 12.1. The second-order valence-electron chi connectivity index (χ2n) is 9.56. The van der Waals surface area contributed by atoms with Crippen molar-refractivity contribution in [2.24, 2.45) is 0 Å². The molecule has 2 atom stereocenters. The lowest BCUT2D eigenvalue weighted by atomic mass is 10.1. The van der Waals surface area contributed by atoms with E-state index in [1.54, 1.807) is 28.0 Å². The molecule has 3 rings (SSSR count). The summed E-state index contributed by atoms with van der Waals surface area (Å²) < 4.78 is 6.57. The van der Waals surface area contributed by atoms with Crippen molar-refractivity contribution < 1.29 is 23.9 Å². The van der Waals surface area contributed by atoms with E-state index in [1.165, 1.54) is 4.88 Å². The van der Waals surface area contributed by atoms with Gasteiger partial charge < -0.3 is 9.84 Å². The third-order valence-electron chi connectivity index (χ3n) is 5.82. The quantitative estimate of drug-likeness (QED) is 0.420. The van der Waals surface area contributed by atoms with Crippen LogP contribution >= 0.6 is 23.1 Å². The zero-order valence-electron chi connectivity index (χ0n) is 20.0. The van der Waals surface area contributed by atoms with Crippen molar-refractivity contribution in [3.63, 3.8) is 0 Å². The average molecular weight is 493 g/mol. The van der Waals surface area contributed by atoms with Gasteiger partial charge in [-0.05, 0) is 41.0 Å². The molecule has 9 heteroatoms. The highest BCUT2D eigenvalue weighted by atomic mass is 32.2. The molecule has 1 aliphatic rings. The van der Waals surface area contributed by atoms with Gasteiger partial charge in [0.2, 0.25) is 0 Å². The molecule has 1 saturated heterocycles. The molecule has 1 aromatic carbocycles. The Morgan fingerprint density at radius 2 is 1.97 bits per heavy atom. The van der Waals surface area contributed by atoms with Crippen LogP contribution in [0.2, 0.25) is 0 Å². The number of nitrogens with zero attached hydrogens (tertiary/aromatic N) is 3. The number of piperazine rings is 1. The topological polar surface area (TPSA) is 79.7 Å². The Balaban J connectivity index is 1.78. The molecule has 2 amide bonds. The van der Waals surface area contributed by atoms with E-state index in [0.29, 0.717) is 32.6 Å². The van der Waals surface area contributed by atoms with Crippen molar-refractivity contribution in [2.45, 2.75) is 63.6 Å². The summed E-state index contributed by atoms with van der Waals surface area (Å²) in [5.74, 6) is 0.751. The number of carbonyl (C=O) groups is 2. The molecule has 0 aliphatic carbocycles. The molecule has 1 N–H and O–H groups in total. The molecule has 1 fully saturated rings. The molecule has 0 bridgehead atoms. The van der Waals surface area contributed by atoms with Crippen molar-refractivity contribution in [1.82, 2.24) is 9.88 Å². The van der Waals surface area contributed by atoms with Gasteiger partial charge in [0.1, 0.15) is 29.6 Å². The third-order valence-corrected chi connectivity index (χ3v) is 8.07. The van der Waals surface area contributed by atoms with Crippen molar-refractivity contribution >= 4 is 35.3 Å². The van der Waals surface area contributed by atoms with Crippen LogP contribution in [0.5, 0.6) is 0 Å². The first-order valence-electron chi connectivity index (χ1n) is 11.2. The first kappa shape index (κ1) is 25.5. The number of aromatic nitrogens is 1. The number of benzene rings is 1. The van der Waals surface area contributed by atoms with Gasteiger partial charge in [-0.1, -0.05) is 42.1 Å². The molecule has 1 aliphatic heterocycles. The van der Waals surface area contributed by atoms with E-state index in [9.17, 15) is 14.7 Å².